The fourth-order valence-corrected chi connectivity index (χ4v) is 1.96. The van der Waals surface area contributed by atoms with Crippen LogP contribution in [0.1, 0.15) is 33.1 Å². The number of likely N-dealkylation sites (tertiary alicyclic amines) is 1. The van der Waals surface area contributed by atoms with E-state index < -0.39 is 5.41 Å². The van der Waals surface area contributed by atoms with Gasteiger partial charge < -0.3 is 16.4 Å². The molecular weight excluding hydrogens is 190 g/mol. The molecule has 4 nitrogen and oxygen atoms in total. The molecule has 1 saturated heterocycles. The number of carbonyl (C=O) groups excluding carboxylic acids is 1. The molecule has 1 heterocycles. The van der Waals surface area contributed by atoms with Gasteiger partial charge in [0.05, 0.1) is 5.41 Å². The smallest absolute Gasteiger partial charge is 0.229 e. The van der Waals surface area contributed by atoms with Crippen LogP contribution < -0.4 is 11.5 Å². The van der Waals surface area contributed by atoms with Crippen LogP contribution in [0.2, 0.25) is 0 Å². The Morgan fingerprint density at radius 3 is 2.73 bits per heavy atom. The highest BCUT2D eigenvalue weighted by atomic mass is 16.2. The first kappa shape index (κ1) is 12.5. The molecule has 0 bridgehead atoms. The van der Waals surface area contributed by atoms with Crippen LogP contribution in [-0.2, 0) is 4.79 Å². The van der Waals surface area contributed by atoms with E-state index in [9.17, 15) is 4.79 Å². The molecule has 0 aliphatic carbocycles. The fourth-order valence-electron chi connectivity index (χ4n) is 1.96. The zero-order valence-corrected chi connectivity index (χ0v) is 9.83. The highest BCUT2D eigenvalue weighted by Gasteiger charge is 2.35. The van der Waals surface area contributed by atoms with Crippen LogP contribution in [0.5, 0.6) is 0 Å². The molecule has 88 valence electrons. The number of hydrogen-bond acceptors (Lipinski definition) is 3. The summed E-state index contributed by atoms with van der Waals surface area (Å²) in [5.41, 5.74) is 11.1. The molecule has 0 spiro atoms. The van der Waals surface area contributed by atoms with E-state index in [1.165, 1.54) is 0 Å². The second-order valence-corrected chi connectivity index (χ2v) is 4.77. The van der Waals surface area contributed by atoms with Gasteiger partial charge in [0, 0.05) is 25.7 Å². The van der Waals surface area contributed by atoms with Gasteiger partial charge in [-0.05, 0) is 26.2 Å². The summed E-state index contributed by atoms with van der Waals surface area (Å²) in [4.78, 5) is 14.1. The van der Waals surface area contributed by atoms with Gasteiger partial charge in [0.15, 0.2) is 0 Å². The Morgan fingerprint density at radius 2 is 2.27 bits per heavy atom. The van der Waals surface area contributed by atoms with Gasteiger partial charge in [0.25, 0.3) is 0 Å². The Morgan fingerprint density at radius 1 is 1.60 bits per heavy atom. The lowest BCUT2D eigenvalue weighted by atomic mass is 9.85. The molecule has 0 radical (unpaired) electrons. The lowest BCUT2D eigenvalue weighted by Gasteiger charge is -2.37. The second-order valence-electron chi connectivity index (χ2n) is 4.77. The molecular formula is C11H23N3O. The number of amides is 1. The van der Waals surface area contributed by atoms with Crippen molar-refractivity contribution in [2.75, 3.05) is 19.6 Å². The summed E-state index contributed by atoms with van der Waals surface area (Å²) in [5, 5.41) is 0. The summed E-state index contributed by atoms with van der Waals surface area (Å²) < 4.78 is 0. The monoisotopic (exact) mass is 213 g/mol. The minimum absolute atomic E-state index is 0.140. The Balaban J connectivity index is 2.66. The third-order valence-electron chi connectivity index (χ3n) is 3.49. The molecule has 4 N–H and O–H groups in total. The lowest BCUT2D eigenvalue weighted by molar-refractivity contribution is -0.142. The summed E-state index contributed by atoms with van der Waals surface area (Å²) in [6, 6.07) is 0.140. The Labute approximate surface area is 92.0 Å². The van der Waals surface area contributed by atoms with Crippen molar-refractivity contribution in [1.29, 1.82) is 0 Å². The van der Waals surface area contributed by atoms with Crippen LogP contribution >= 0.6 is 0 Å². The van der Waals surface area contributed by atoms with Crippen molar-refractivity contribution in [3.63, 3.8) is 0 Å². The molecule has 1 unspecified atom stereocenters. The molecule has 4 heteroatoms. The van der Waals surface area contributed by atoms with Gasteiger partial charge in [-0.15, -0.1) is 0 Å². The molecule has 1 fully saturated rings. The van der Waals surface area contributed by atoms with E-state index in [0.717, 1.165) is 25.8 Å². The normalized spacial score (nSPS) is 26.1. The average Bonchev–Trinajstić information content (AvgIpc) is 2.27. The summed E-state index contributed by atoms with van der Waals surface area (Å²) in [6.45, 7) is 5.88. The third kappa shape index (κ3) is 2.69. The van der Waals surface area contributed by atoms with Crippen molar-refractivity contribution >= 4 is 5.91 Å². The standard InChI is InChI=1S/C11H23N3O/c1-3-11(2,8-12)10(15)14-6-4-5-9(13)7-14/h9H,3-8,12-13H2,1-2H3/t9-,11?/m1/s1. The van der Waals surface area contributed by atoms with Crippen molar-refractivity contribution < 1.29 is 4.79 Å². The van der Waals surface area contributed by atoms with Gasteiger partial charge >= 0.3 is 0 Å². The van der Waals surface area contributed by atoms with Crippen LogP contribution in [0.3, 0.4) is 0 Å². The van der Waals surface area contributed by atoms with Crippen LogP contribution in [0.25, 0.3) is 0 Å². The highest BCUT2D eigenvalue weighted by Crippen LogP contribution is 2.24. The van der Waals surface area contributed by atoms with E-state index in [1.54, 1.807) is 0 Å². The maximum absolute atomic E-state index is 12.2. The SMILES string of the molecule is CCC(C)(CN)C(=O)N1CCC[C@@H](N)C1. The van der Waals surface area contributed by atoms with Crippen LogP contribution in [0.4, 0.5) is 0 Å². The number of piperidine rings is 1. The van der Waals surface area contributed by atoms with E-state index in [1.807, 2.05) is 18.7 Å². The number of hydrogen-bond donors (Lipinski definition) is 2. The van der Waals surface area contributed by atoms with Gasteiger partial charge in [0.1, 0.15) is 0 Å². The molecule has 0 aromatic rings. The first-order valence-electron chi connectivity index (χ1n) is 5.78. The molecule has 15 heavy (non-hydrogen) atoms. The highest BCUT2D eigenvalue weighted by molar-refractivity contribution is 5.82. The molecule has 0 saturated carbocycles. The fraction of sp³-hybridized carbons (Fsp3) is 0.909. The number of nitrogens with zero attached hydrogens (tertiary/aromatic N) is 1. The van der Waals surface area contributed by atoms with Crippen molar-refractivity contribution in [1.82, 2.24) is 4.90 Å². The minimum Gasteiger partial charge on any atom is -0.341 e. The van der Waals surface area contributed by atoms with Crippen LogP contribution in [-0.4, -0.2) is 36.5 Å². The Hall–Kier alpha value is -0.610. The molecule has 1 rings (SSSR count). The van der Waals surface area contributed by atoms with Gasteiger partial charge in [-0.3, -0.25) is 4.79 Å². The number of carbonyl (C=O) groups is 1. The first-order valence-corrected chi connectivity index (χ1v) is 5.78. The average molecular weight is 213 g/mol. The van der Waals surface area contributed by atoms with E-state index in [2.05, 4.69) is 0 Å². The lowest BCUT2D eigenvalue weighted by Crippen LogP contribution is -2.52. The minimum atomic E-state index is -0.406. The Kier molecular flexibility index (Phi) is 4.11. The first-order chi connectivity index (χ1) is 7.03. The zero-order valence-electron chi connectivity index (χ0n) is 9.83. The van der Waals surface area contributed by atoms with E-state index >= 15 is 0 Å². The van der Waals surface area contributed by atoms with E-state index in [0.29, 0.717) is 13.1 Å². The van der Waals surface area contributed by atoms with Crippen LogP contribution in [0.15, 0.2) is 0 Å². The van der Waals surface area contributed by atoms with Crippen molar-refractivity contribution in [3.8, 4) is 0 Å². The van der Waals surface area contributed by atoms with E-state index in [4.69, 9.17) is 11.5 Å². The molecule has 1 aliphatic heterocycles. The molecule has 2 atom stereocenters. The zero-order chi connectivity index (χ0) is 11.5. The predicted octanol–water partition coefficient (Wildman–Crippen LogP) is 0.311. The van der Waals surface area contributed by atoms with Crippen molar-refractivity contribution in [3.05, 3.63) is 0 Å². The largest absolute Gasteiger partial charge is 0.341 e. The van der Waals surface area contributed by atoms with Gasteiger partial charge in [-0.25, -0.2) is 0 Å². The van der Waals surface area contributed by atoms with Crippen molar-refractivity contribution in [2.24, 2.45) is 16.9 Å². The van der Waals surface area contributed by atoms with Crippen LogP contribution in [0, 0.1) is 5.41 Å². The molecule has 1 aliphatic rings. The van der Waals surface area contributed by atoms with Gasteiger partial charge in [-0.2, -0.15) is 0 Å². The summed E-state index contributed by atoms with van der Waals surface area (Å²) in [5.74, 6) is 0.169. The molecule has 0 aromatic carbocycles. The maximum atomic E-state index is 12.2. The maximum Gasteiger partial charge on any atom is 0.229 e. The van der Waals surface area contributed by atoms with Gasteiger partial charge in [-0.1, -0.05) is 6.92 Å². The number of nitrogens with two attached hydrogens (primary N) is 2. The second kappa shape index (κ2) is 4.94. The van der Waals surface area contributed by atoms with E-state index in [-0.39, 0.29) is 11.9 Å². The summed E-state index contributed by atoms with van der Waals surface area (Å²) in [6.07, 6.45) is 2.82. The van der Waals surface area contributed by atoms with Crippen molar-refractivity contribution in [2.45, 2.75) is 39.2 Å². The van der Waals surface area contributed by atoms with Gasteiger partial charge in [0.2, 0.25) is 5.91 Å². The third-order valence-corrected chi connectivity index (χ3v) is 3.49. The topological polar surface area (TPSA) is 72.4 Å². The molecule has 1 amide bonds. The number of rotatable bonds is 3. The predicted molar refractivity (Wildman–Crippen MR) is 61.2 cm³/mol. The summed E-state index contributed by atoms with van der Waals surface area (Å²) >= 11 is 0. The Bertz CT molecular complexity index is 226. The quantitative estimate of drug-likeness (QED) is 0.708. The summed E-state index contributed by atoms with van der Waals surface area (Å²) in [7, 11) is 0. The molecule has 0 aromatic heterocycles.